The second-order valence-corrected chi connectivity index (χ2v) is 16.6. The second kappa shape index (κ2) is 12.8. The fourth-order valence-electron chi connectivity index (χ4n) is 8.62. The van der Waals surface area contributed by atoms with Gasteiger partial charge in [0.05, 0.1) is 32.6 Å². The summed E-state index contributed by atoms with van der Waals surface area (Å²) in [4.78, 5) is 10.7. The number of nitrogens with zero attached hydrogens (tertiary/aromatic N) is 3. The van der Waals surface area contributed by atoms with Crippen molar-refractivity contribution in [2.45, 2.75) is 0 Å². The van der Waals surface area contributed by atoms with Crippen molar-refractivity contribution in [1.29, 1.82) is 0 Å². The van der Waals surface area contributed by atoms with Gasteiger partial charge in [0.2, 0.25) is 0 Å². The van der Waals surface area contributed by atoms with Gasteiger partial charge >= 0.3 is 0 Å². The molecule has 0 unspecified atom stereocenters. The highest BCUT2D eigenvalue weighted by atomic mass is 32.1. The second-order valence-electron chi connectivity index (χ2n) is 14.5. The Morgan fingerprint density at radius 2 is 0.930 bits per heavy atom. The Morgan fingerprint density at radius 3 is 1.61 bits per heavy atom. The smallest absolute Gasteiger partial charge is 0.160 e. The molecule has 4 heterocycles. The molecule has 4 aromatic heterocycles. The molecule has 12 aromatic rings. The molecule has 5 heteroatoms. The Hall–Kier alpha value is -6.92. The van der Waals surface area contributed by atoms with Crippen LogP contribution in [-0.2, 0) is 0 Å². The lowest BCUT2D eigenvalue weighted by molar-refractivity contribution is 1.18. The van der Waals surface area contributed by atoms with Crippen molar-refractivity contribution in [2.75, 3.05) is 0 Å². The summed E-state index contributed by atoms with van der Waals surface area (Å²) >= 11 is 3.64. The molecule has 0 saturated carbocycles. The number of hydrogen-bond donors (Lipinski definition) is 0. The third kappa shape index (κ3) is 5.10. The molecule has 12 rings (SSSR count). The Morgan fingerprint density at radius 1 is 0.368 bits per heavy atom. The van der Waals surface area contributed by atoms with Crippen LogP contribution in [0.25, 0.3) is 113 Å². The predicted molar refractivity (Wildman–Crippen MR) is 244 cm³/mol. The van der Waals surface area contributed by atoms with Gasteiger partial charge < -0.3 is 4.57 Å². The van der Waals surface area contributed by atoms with Gasteiger partial charge in [-0.25, -0.2) is 9.97 Å². The molecule has 57 heavy (non-hydrogen) atoms. The van der Waals surface area contributed by atoms with Crippen LogP contribution < -0.4 is 0 Å². The van der Waals surface area contributed by atoms with E-state index >= 15 is 0 Å². The van der Waals surface area contributed by atoms with Crippen molar-refractivity contribution in [2.24, 2.45) is 0 Å². The summed E-state index contributed by atoms with van der Waals surface area (Å²) in [6, 6.07) is 67.9. The van der Waals surface area contributed by atoms with Crippen LogP contribution in [0.15, 0.2) is 188 Å². The predicted octanol–water partition coefficient (Wildman–Crippen LogP) is 15.0. The molecule has 0 amide bonds. The molecule has 0 fully saturated rings. The first-order valence-corrected chi connectivity index (χ1v) is 20.8. The largest absolute Gasteiger partial charge is 0.308 e. The maximum Gasteiger partial charge on any atom is 0.160 e. The summed E-state index contributed by atoms with van der Waals surface area (Å²) < 4.78 is 7.41. The van der Waals surface area contributed by atoms with Crippen LogP contribution in [0.5, 0.6) is 0 Å². The van der Waals surface area contributed by atoms with E-state index in [-0.39, 0.29) is 0 Å². The summed E-state index contributed by atoms with van der Waals surface area (Å²) in [5, 5.41) is 6.25. The molecular formula is C52H31N3S2. The van der Waals surface area contributed by atoms with Gasteiger partial charge in [-0.15, -0.1) is 22.7 Å². The minimum atomic E-state index is 0.725. The fourth-order valence-corrected chi connectivity index (χ4v) is 10.9. The molecule has 0 aliphatic heterocycles. The van der Waals surface area contributed by atoms with Gasteiger partial charge in [0.15, 0.2) is 5.82 Å². The lowest BCUT2D eigenvalue weighted by Crippen LogP contribution is -2.02. The van der Waals surface area contributed by atoms with E-state index in [1.165, 1.54) is 46.7 Å². The third-order valence-corrected chi connectivity index (χ3v) is 13.5. The lowest BCUT2D eigenvalue weighted by Gasteiger charge is -2.21. The topological polar surface area (TPSA) is 30.7 Å². The highest BCUT2D eigenvalue weighted by molar-refractivity contribution is 7.26. The summed E-state index contributed by atoms with van der Waals surface area (Å²) in [6.45, 7) is 0. The molecule has 0 N–H and O–H groups in total. The van der Waals surface area contributed by atoms with Crippen LogP contribution in [-0.4, -0.2) is 14.5 Å². The number of rotatable bonds is 5. The molecule has 3 nitrogen and oxygen atoms in total. The van der Waals surface area contributed by atoms with Gasteiger partial charge in [0.25, 0.3) is 0 Å². The molecule has 0 saturated heterocycles. The Bertz CT molecular complexity index is 3450. The van der Waals surface area contributed by atoms with Crippen LogP contribution in [0.2, 0.25) is 0 Å². The number of hydrogen-bond acceptors (Lipinski definition) is 4. The van der Waals surface area contributed by atoms with Crippen molar-refractivity contribution in [1.82, 2.24) is 14.5 Å². The zero-order valence-corrected chi connectivity index (χ0v) is 32.2. The van der Waals surface area contributed by atoms with Crippen molar-refractivity contribution in [3.63, 3.8) is 0 Å². The van der Waals surface area contributed by atoms with E-state index in [9.17, 15) is 0 Å². The van der Waals surface area contributed by atoms with Gasteiger partial charge in [-0.05, 0) is 53.6 Å². The third-order valence-electron chi connectivity index (χ3n) is 11.2. The van der Waals surface area contributed by atoms with E-state index in [0.29, 0.717) is 0 Å². The van der Waals surface area contributed by atoms with Gasteiger partial charge in [0, 0.05) is 63.3 Å². The van der Waals surface area contributed by atoms with Crippen LogP contribution in [0.3, 0.4) is 0 Å². The van der Waals surface area contributed by atoms with Gasteiger partial charge in [0.1, 0.15) is 0 Å². The number of thiophene rings is 2. The Kier molecular flexibility index (Phi) is 7.27. The molecule has 0 aliphatic rings. The van der Waals surface area contributed by atoms with Gasteiger partial charge in [-0.3, -0.25) is 0 Å². The highest BCUT2D eigenvalue weighted by Gasteiger charge is 2.24. The normalized spacial score (nSPS) is 11.9. The minimum absolute atomic E-state index is 0.725. The molecular weight excluding hydrogens is 731 g/mol. The first kappa shape index (κ1) is 32.3. The SMILES string of the molecule is c1ccc(-c2nc(-c3cc(-c4ccccc4)c(-n4c5ccccc5c5cc6c(cc54)sc4ccccc46)c(-c4ccccc4)c3)c3sc4ccccc4c3n2)cc1. The van der Waals surface area contributed by atoms with E-state index in [0.717, 1.165) is 66.2 Å². The fraction of sp³-hybridized carbons (Fsp3) is 0. The van der Waals surface area contributed by atoms with Crippen LogP contribution in [0.4, 0.5) is 0 Å². The maximum atomic E-state index is 5.45. The van der Waals surface area contributed by atoms with Crippen LogP contribution >= 0.6 is 22.7 Å². The van der Waals surface area contributed by atoms with Crippen LogP contribution in [0.1, 0.15) is 0 Å². The van der Waals surface area contributed by atoms with Crippen LogP contribution in [0, 0.1) is 0 Å². The molecule has 0 radical (unpaired) electrons. The molecule has 8 aromatic carbocycles. The van der Waals surface area contributed by atoms with Crippen molar-refractivity contribution >= 4 is 85.0 Å². The zero-order valence-electron chi connectivity index (χ0n) is 30.6. The number of benzene rings is 8. The summed E-state index contributed by atoms with van der Waals surface area (Å²) in [6.07, 6.45) is 0. The molecule has 0 atom stereocenters. The van der Waals surface area contributed by atoms with Crippen molar-refractivity contribution in [3.05, 3.63) is 188 Å². The number of aromatic nitrogens is 3. The van der Waals surface area contributed by atoms with E-state index in [2.05, 4.69) is 187 Å². The minimum Gasteiger partial charge on any atom is -0.308 e. The van der Waals surface area contributed by atoms with E-state index < -0.39 is 0 Å². The maximum absolute atomic E-state index is 5.45. The molecule has 0 aliphatic carbocycles. The summed E-state index contributed by atoms with van der Waals surface area (Å²) in [5.74, 6) is 0.725. The highest BCUT2D eigenvalue weighted by Crippen LogP contribution is 2.47. The molecule has 266 valence electrons. The summed E-state index contributed by atoms with van der Waals surface area (Å²) in [5.41, 5.74) is 12.1. The van der Waals surface area contributed by atoms with Gasteiger partial charge in [-0.1, -0.05) is 146 Å². The van der Waals surface area contributed by atoms with Gasteiger partial charge in [-0.2, -0.15) is 0 Å². The standard InChI is InChI=1S/C52H31N3S2/c1-4-16-32(17-5-1)39-28-35(48-51-49(38-24-12-15-27-46(38)57-51)54-52(53-48)34-20-8-3-9-21-34)29-40(33-18-6-2-7-19-33)50(39)55-43-25-13-10-22-36(43)41-30-42-37-23-11-14-26-45(37)56-47(42)31-44(41)55/h1-31H. The Balaban J connectivity index is 1.24. The average Bonchev–Trinajstić information content (AvgIpc) is 3.95. The first-order valence-electron chi connectivity index (χ1n) is 19.2. The molecule has 0 spiro atoms. The lowest BCUT2D eigenvalue weighted by atomic mass is 9.91. The number of fused-ring (bicyclic) bond motifs is 9. The van der Waals surface area contributed by atoms with E-state index in [1.54, 1.807) is 11.3 Å². The zero-order chi connectivity index (χ0) is 37.5. The van der Waals surface area contributed by atoms with E-state index in [1.807, 2.05) is 17.4 Å². The van der Waals surface area contributed by atoms with Crippen molar-refractivity contribution < 1.29 is 0 Å². The average molecular weight is 762 g/mol. The number of para-hydroxylation sites is 1. The monoisotopic (exact) mass is 761 g/mol. The first-order chi connectivity index (χ1) is 28.3. The van der Waals surface area contributed by atoms with Crippen molar-refractivity contribution in [3.8, 4) is 50.6 Å². The summed E-state index contributed by atoms with van der Waals surface area (Å²) in [7, 11) is 0. The Labute approximate surface area is 336 Å². The molecule has 0 bridgehead atoms. The van der Waals surface area contributed by atoms with E-state index in [4.69, 9.17) is 9.97 Å². The quantitative estimate of drug-likeness (QED) is 0.175.